The van der Waals surface area contributed by atoms with Crippen molar-refractivity contribution < 1.29 is 4.79 Å². The van der Waals surface area contributed by atoms with Crippen LogP contribution in [0.25, 0.3) is 0 Å². The molecule has 138 valence electrons. The van der Waals surface area contributed by atoms with Crippen LogP contribution in [0.1, 0.15) is 75.2 Å². The molecular weight excluding hydrogens is 326 g/mol. The molecule has 2 aromatic rings. The molecule has 0 bridgehead atoms. The van der Waals surface area contributed by atoms with Crippen LogP contribution < -0.4 is 5.32 Å². The first kappa shape index (κ1) is 17.2. The average Bonchev–Trinajstić information content (AvgIpc) is 3.42. The molecule has 6 heteroatoms. The van der Waals surface area contributed by atoms with Crippen molar-refractivity contribution in [3.05, 3.63) is 41.7 Å². The Bertz CT molecular complexity index is 703. The number of carbonyl (C=O) groups is 1. The topological polar surface area (TPSA) is 83.6 Å². The lowest BCUT2D eigenvalue weighted by Gasteiger charge is -2.30. The van der Waals surface area contributed by atoms with Crippen LogP contribution in [-0.2, 0) is 10.2 Å². The molecule has 4 rings (SSSR count). The van der Waals surface area contributed by atoms with Gasteiger partial charge < -0.3 is 5.32 Å². The number of benzene rings is 1. The summed E-state index contributed by atoms with van der Waals surface area (Å²) in [6.45, 7) is 0. The van der Waals surface area contributed by atoms with Crippen molar-refractivity contribution >= 4 is 5.91 Å². The molecule has 1 aromatic carbocycles. The highest BCUT2D eigenvalue weighted by atomic mass is 16.1. The minimum Gasteiger partial charge on any atom is -0.346 e. The van der Waals surface area contributed by atoms with Crippen LogP contribution in [0.15, 0.2) is 30.3 Å². The minimum atomic E-state index is -0.127. The monoisotopic (exact) mass is 353 g/mol. The van der Waals surface area contributed by atoms with Crippen LogP contribution >= 0.6 is 0 Å². The van der Waals surface area contributed by atoms with Gasteiger partial charge in [0.25, 0.3) is 0 Å². The van der Waals surface area contributed by atoms with E-state index in [-0.39, 0.29) is 17.4 Å². The lowest BCUT2D eigenvalue weighted by molar-refractivity contribution is -0.123. The van der Waals surface area contributed by atoms with E-state index in [2.05, 4.69) is 50.2 Å². The average molecular weight is 353 g/mol. The van der Waals surface area contributed by atoms with Crippen molar-refractivity contribution in [3.8, 4) is 0 Å². The minimum absolute atomic E-state index is 0.0250. The SMILES string of the molecule is O=C(CC1(c2ccccc2)CCCC1)NC(c1nn[nH]n1)C1CCCC1. The summed E-state index contributed by atoms with van der Waals surface area (Å²) in [5, 5.41) is 17.8. The predicted octanol–water partition coefficient (Wildman–Crippen LogP) is 3.45. The lowest BCUT2D eigenvalue weighted by atomic mass is 9.76. The first-order valence-electron chi connectivity index (χ1n) is 9.85. The Labute approximate surface area is 154 Å². The number of nitrogens with zero attached hydrogens (tertiary/aromatic N) is 3. The summed E-state index contributed by atoms with van der Waals surface area (Å²) in [5.74, 6) is 1.13. The Hall–Kier alpha value is -2.24. The number of rotatable bonds is 6. The van der Waals surface area contributed by atoms with Crippen LogP contribution in [-0.4, -0.2) is 26.5 Å². The standard InChI is InChI=1S/C20H27N5O/c26-17(14-20(12-6-7-13-20)16-10-2-1-3-11-16)21-18(15-8-4-5-9-15)19-22-24-25-23-19/h1-3,10-11,15,18H,4-9,12-14H2,(H,21,26)(H,22,23,24,25). The second-order valence-electron chi connectivity index (χ2n) is 7.89. The Balaban J connectivity index is 1.51. The molecule has 1 amide bonds. The molecule has 1 aromatic heterocycles. The Morgan fingerprint density at radius 1 is 1.15 bits per heavy atom. The van der Waals surface area contributed by atoms with Gasteiger partial charge in [0, 0.05) is 11.8 Å². The predicted molar refractivity (Wildman–Crippen MR) is 98.2 cm³/mol. The molecule has 0 aliphatic heterocycles. The van der Waals surface area contributed by atoms with Crippen LogP contribution in [0.2, 0.25) is 0 Å². The van der Waals surface area contributed by atoms with E-state index in [1.54, 1.807) is 0 Å². The van der Waals surface area contributed by atoms with Crippen molar-refractivity contribution in [1.82, 2.24) is 25.9 Å². The lowest BCUT2D eigenvalue weighted by Crippen LogP contribution is -2.38. The van der Waals surface area contributed by atoms with E-state index in [0.717, 1.165) is 25.7 Å². The van der Waals surface area contributed by atoms with Crippen LogP contribution in [0.5, 0.6) is 0 Å². The van der Waals surface area contributed by atoms with Crippen LogP contribution in [0.4, 0.5) is 0 Å². The zero-order valence-electron chi connectivity index (χ0n) is 15.2. The molecule has 2 saturated carbocycles. The highest BCUT2D eigenvalue weighted by Gasteiger charge is 2.39. The molecule has 2 aliphatic rings. The van der Waals surface area contributed by atoms with Crippen molar-refractivity contribution in [2.75, 3.05) is 0 Å². The van der Waals surface area contributed by atoms with E-state index in [1.807, 2.05) is 6.07 Å². The maximum atomic E-state index is 13.0. The third-order valence-electron chi connectivity index (χ3n) is 6.27. The first-order chi connectivity index (χ1) is 12.8. The van der Waals surface area contributed by atoms with E-state index in [0.29, 0.717) is 18.2 Å². The van der Waals surface area contributed by atoms with Crippen molar-refractivity contribution in [1.29, 1.82) is 0 Å². The van der Waals surface area contributed by atoms with Gasteiger partial charge in [-0.2, -0.15) is 5.21 Å². The normalized spacial score (nSPS) is 20.9. The number of aromatic amines is 1. The smallest absolute Gasteiger partial charge is 0.221 e. The third kappa shape index (κ3) is 3.50. The third-order valence-corrected chi connectivity index (χ3v) is 6.27. The molecule has 1 atom stereocenters. The molecule has 0 spiro atoms. The summed E-state index contributed by atoms with van der Waals surface area (Å²) in [6.07, 6.45) is 9.75. The maximum absolute atomic E-state index is 13.0. The summed E-state index contributed by atoms with van der Waals surface area (Å²) in [4.78, 5) is 13.0. The zero-order valence-corrected chi connectivity index (χ0v) is 15.2. The van der Waals surface area contributed by atoms with E-state index >= 15 is 0 Å². The number of aromatic nitrogens is 4. The molecule has 2 N–H and O–H groups in total. The second-order valence-corrected chi connectivity index (χ2v) is 7.89. The number of nitrogens with one attached hydrogen (secondary N) is 2. The molecule has 26 heavy (non-hydrogen) atoms. The van der Waals surface area contributed by atoms with Gasteiger partial charge >= 0.3 is 0 Å². The van der Waals surface area contributed by atoms with E-state index in [9.17, 15) is 4.79 Å². The van der Waals surface area contributed by atoms with E-state index < -0.39 is 0 Å². The molecule has 2 aliphatic carbocycles. The van der Waals surface area contributed by atoms with Gasteiger partial charge in [-0.1, -0.05) is 61.2 Å². The van der Waals surface area contributed by atoms with Gasteiger partial charge in [-0.25, -0.2) is 0 Å². The van der Waals surface area contributed by atoms with Gasteiger partial charge in [0.05, 0.1) is 6.04 Å². The summed E-state index contributed by atoms with van der Waals surface area (Å²) >= 11 is 0. The fourth-order valence-electron chi connectivity index (χ4n) is 4.93. The van der Waals surface area contributed by atoms with Gasteiger partial charge in [0.15, 0.2) is 5.82 Å². The van der Waals surface area contributed by atoms with Gasteiger partial charge in [-0.05, 0) is 37.2 Å². The highest BCUT2D eigenvalue weighted by molar-refractivity contribution is 5.78. The Morgan fingerprint density at radius 3 is 2.54 bits per heavy atom. The molecule has 2 fully saturated rings. The number of hydrogen-bond donors (Lipinski definition) is 2. The fraction of sp³-hybridized carbons (Fsp3) is 0.600. The van der Waals surface area contributed by atoms with Gasteiger partial charge in [-0.3, -0.25) is 4.79 Å². The molecular formula is C20H27N5O. The number of amides is 1. The van der Waals surface area contributed by atoms with Crippen molar-refractivity contribution in [2.45, 2.75) is 69.2 Å². The fourth-order valence-corrected chi connectivity index (χ4v) is 4.93. The largest absolute Gasteiger partial charge is 0.346 e. The summed E-state index contributed by atoms with van der Waals surface area (Å²) < 4.78 is 0. The highest BCUT2D eigenvalue weighted by Crippen LogP contribution is 2.44. The Morgan fingerprint density at radius 2 is 1.88 bits per heavy atom. The summed E-state index contributed by atoms with van der Waals surface area (Å²) in [5.41, 5.74) is 1.27. The molecule has 6 nitrogen and oxygen atoms in total. The van der Waals surface area contributed by atoms with Crippen molar-refractivity contribution in [2.24, 2.45) is 5.92 Å². The molecule has 1 unspecified atom stereocenters. The van der Waals surface area contributed by atoms with Crippen LogP contribution in [0, 0.1) is 5.92 Å². The van der Waals surface area contributed by atoms with Crippen molar-refractivity contribution in [3.63, 3.8) is 0 Å². The molecule has 0 saturated heterocycles. The number of tetrazole rings is 1. The maximum Gasteiger partial charge on any atom is 0.221 e. The van der Waals surface area contributed by atoms with E-state index in [4.69, 9.17) is 0 Å². The summed E-state index contributed by atoms with van der Waals surface area (Å²) in [7, 11) is 0. The number of hydrogen-bond acceptors (Lipinski definition) is 4. The number of H-pyrrole nitrogens is 1. The molecule has 1 heterocycles. The van der Waals surface area contributed by atoms with Crippen LogP contribution in [0.3, 0.4) is 0 Å². The molecule has 0 radical (unpaired) electrons. The number of carbonyl (C=O) groups excluding carboxylic acids is 1. The second kappa shape index (κ2) is 7.56. The van der Waals surface area contributed by atoms with Gasteiger partial charge in [0.2, 0.25) is 5.91 Å². The summed E-state index contributed by atoms with van der Waals surface area (Å²) in [6, 6.07) is 10.4. The first-order valence-corrected chi connectivity index (χ1v) is 9.85. The Kier molecular flexibility index (Phi) is 5.00. The zero-order chi connectivity index (χ0) is 17.8. The van der Waals surface area contributed by atoms with Gasteiger partial charge in [-0.15, -0.1) is 10.2 Å². The quantitative estimate of drug-likeness (QED) is 0.833. The van der Waals surface area contributed by atoms with Gasteiger partial charge in [0.1, 0.15) is 0 Å². The van der Waals surface area contributed by atoms with E-state index in [1.165, 1.54) is 31.2 Å².